The van der Waals surface area contributed by atoms with Crippen molar-refractivity contribution in [3.05, 3.63) is 88.4 Å². The lowest BCUT2D eigenvalue weighted by Crippen LogP contribution is -2.08. The minimum absolute atomic E-state index is 0.00623. The van der Waals surface area contributed by atoms with Gasteiger partial charge in [0, 0.05) is 34.5 Å². The van der Waals surface area contributed by atoms with Crippen molar-refractivity contribution in [1.82, 2.24) is 9.55 Å². The van der Waals surface area contributed by atoms with Crippen LogP contribution in [0, 0.1) is 0 Å². The Bertz CT molecular complexity index is 822. The second-order valence-electron chi connectivity index (χ2n) is 5.19. The summed E-state index contributed by atoms with van der Waals surface area (Å²) in [6.45, 7) is 0.588. The molecule has 1 aromatic heterocycles. The number of hydrogen-bond acceptors (Lipinski definition) is 3. The van der Waals surface area contributed by atoms with Crippen molar-refractivity contribution in [3.8, 4) is 0 Å². The van der Waals surface area contributed by atoms with Gasteiger partial charge in [-0.15, -0.1) is 0 Å². The molecule has 3 aromatic rings. The predicted molar refractivity (Wildman–Crippen MR) is 99.8 cm³/mol. The molecule has 0 amide bonds. The Morgan fingerprint density at radius 3 is 2.62 bits per heavy atom. The van der Waals surface area contributed by atoms with E-state index in [0.717, 1.165) is 5.56 Å². The maximum Gasteiger partial charge on any atom is 0.220 e. The highest BCUT2D eigenvalue weighted by molar-refractivity contribution is 8.14. The largest absolute Gasteiger partial charge is 0.336 e. The monoisotopic (exact) mass is 376 g/mol. The van der Waals surface area contributed by atoms with Gasteiger partial charge < -0.3 is 4.57 Å². The van der Waals surface area contributed by atoms with E-state index in [1.807, 2.05) is 47.2 Å². The van der Waals surface area contributed by atoms with Crippen molar-refractivity contribution in [2.45, 2.75) is 11.8 Å². The first-order valence-electron chi connectivity index (χ1n) is 7.30. The molecule has 0 fully saturated rings. The molecule has 1 unspecified atom stereocenters. The Morgan fingerprint density at radius 1 is 1.17 bits per heavy atom. The van der Waals surface area contributed by atoms with Crippen LogP contribution >= 0.6 is 35.0 Å². The topological polar surface area (TPSA) is 34.9 Å². The lowest BCUT2D eigenvalue weighted by atomic mass is 10.1. The van der Waals surface area contributed by atoms with Gasteiger partial charge >= 0.3 is 0 Å². The number of nitrogens with zero attached hydrogens (tertiary/aromatic N) is 2. The van der Waals surface area contributed by atoms with Crippen molar-refractivity contribution in [2.75, 3.05) is 0 Å². The molecular formula is C18H14Cl2N2OS. The molecular weight excluding hydrogens is 363 g/mol. The molecule has 0 saturated heterocycles. The minimum Gasteiger partial charge on any atom is -0.336 e. The van der Waals surface area contributed by atoms with Crippen LogP contribution < -0.4 is 0 Å². The van der Waals surface area contributed by atoms with Crippen LogP contribution in [0.5, 0.6) is 0 Å². The standard InChI is InChI=1S/C18H14Cl2N2OS/c19-14-6-7-15(16(20)10-14)17(11-22-9-8-21-12-22)24-18(23)13-4-2-1-3-5-13/h1-10,12,17H,11H2. The molecule has 6 heteroatoms. The molecule has 0 radical (unpaired) electrons. The van der Waals surface area contributed by atoms with Crippen LogP contribution in [0.15, 0.2) is 67.3 Å². The summed E-state index contributed by atoms with van der Waals surface area (Å²) in [4.78, 5) is 16.7. The highest BCUT2D eigenvalue weighted by Gasteiger charge is 2.21. The van der Waals surface area contributed by atoms with E-state index in [0.29, 0.717) is 22.2 Å². The van der Waals surface area contributed by atoms with Crippen LogP contribution in [0.1, 0.15) is 21.2 Å². The molecule has 0 aliphatic heterocycles. The normalized spacial score (nSPS) is 12.1. The number of rotatable bonds is 5. The number of carbonyl (C=O) groups excluding carboxylic acids is 1. The highest BCUT2D eigenvalue weighted by atomic mass is 35.5. The Balaban J connectivity index is 1.88. The maximum atomic E-state index is 12.6. The number of thioether (sulfide) groups is 1. The lowest BCUT2D eigenvalue weighted by molar-refractivity contribution is 0.108. The first-order valence-corrected chi connectivity index (χ1v) is 8.94. The Kier molecular flexibility index (Phi) is 5.61. The van der Waals surface area contributed by atoms with Gasteiger partial charge in [-0.2, -0.15) is 0 Å². The third kappa shape index (κ3) is 4.20. The van der Waals surface area contributed by atoms with Crippen molar-refractivity contribution in [2.24, 2.45) is 0 Å². The van der Waals surface area contributed by atoms with Gasteiger partial charge in [0.25, 0.3) is 0 Å². The van der Waals surface area contributed by atoms with Crippen LogP contribution in [-0.4, -0.2) is 14.7 Å². The Morgan fingerprint density at radius 2 is 1.96 bits per heavy atom. The van der Waals surface area contributed by atoms with Gasteiger partial charge in [-0.05, 0) is 17.7 Å². The number of aromatic nitrogens is 2. The first-order chi connectivity index (χ1) is 11.6. The van der Waals surface area contributed by atoms with E-state index >= 15 is 0 Å². The van der Waals surface area contributed by atoms with Crippen LogP contribution in [-0.2, 0) is 6.54 Å². The van der Waals surface area contributed by atoms with E-state index in [2.05, 4.69) is 4.98 Å². The molecule has 1 atom stereocenters. The summed E-state index contributed by atoms with van der Waals surface area (Å²) in [5, 5.41) is 0.994. The van der Waals surface area contributed by atoms with Gasteiger partial charge in [-0.1, -0.05) is 71.4 Å². The summed E-state index contributed by atoms with van der Waals surface area (Å²) in [7, 11) is 0. The fourth-order valence-electron chi connectivity index (χ4n) is 2.32. The van der Waals surface area contributed by atoms with E-state index < -0.39 is 0 Å². The molecule has 122 valence electrons. The second-order valence-corrected chi connectivity index (χ2v) is 7.20. The van der Waals surface area contributed by atoms with Gasteiger partial charge in [0.2, 0.25) is 5.12 Å². The van der Waals surface area contributed by atoms with E-state index in [4.69, 9.17) is 23.2 Å². The van der Waals surface area contributed by atoms with E-state index in [9.17, 15) is 4.79 Å². The third-order valence-corrected chi connectivity index (χ3v) is 5.20. The lowest BCUT2D eigenvalue weighted by Gasteiger charge is -2.18. The number of imidazole rings is 1. The summed E-state index contributed by atoms with van der Waals surface area (Å²) in [6.07, 6.45) is 5.30. The van der Waals surface area contributed by atoms with Gasteiger partial charge in [0.15, 0.2) is 0 Å². The molecule has 0 aliphatic carbocycles. The molecule has 0 bridgehead atoms. The van der Waals surface area contributed by atoms with Gasteiger partial charge in [-0.3, -0.25) is 4.79 Å². The fourth-order valence-corrected chi connectivity index (χ4v) is 4.03. The Labute approximate surface area is 154 Å². The highest BCUT2D eigenvalue weighted by Crippen LogP contribution is 2.37. The van der Waals surface area contributed by atoms with Crippen molar-refractivity contribution < 1.29 is 4.79 Å². The molecule has 3 rings (SSSR count). The van der Waals surface area contributed by atoms with Gasteiger partial charge in [0.1, 0.15) is 0 Å². The van der Waals surface area contributed by atoms with Crippen LogP contribution in [0.3, 0.4) is 0 Å². The van der Waals surface area contributed by atoms with Crippen LogP contribution in [0.4, 0.5) is 0 Å². The van der Waals surface area contributed by atoms with Crippen molar-refractivity contribution in [1.29, 1.82) is 0 Å². The molecule has 3 nitrogen and oxygen atoms in total. The van der Waals surface area contributed by atoms with E-state index in [-0.39, 0.29) is 10.4 Å². The molecule has 2 aromatic carbocycles. The quantitative estimate of drug-likeness (QED) is 0.589. The zero-order valence-electron chi connectivity index (χ0n) is 12.6. The second kappa shape index (κ2) is 7.88. The summed E-state index contributed by atoms with van der Waals surface area (Å²) in [5.74, 6) is 0. The number of carbonyl (C=O) groups is 1. The maximum absolute atomic E-state index is 12.6. The van der Waals surface area contributed by atoms with Crippen LogP contribution in [0.25, 0.3) is 0 Å². The zero-order valence-corrected chi connectivity index (χ0v) is 14.9. The molecule has 0 saturated carbocycles. The van der Waals surface area contributed by atoms with Gasteiger partial charge in [0.05, 0.1) is 11.6 Å². The van der Waals surface area contributed by atoms with Crippen molar-refractivity contribution >= 4 is 40.1 Å². The average Bonchev–Trinajstić information content (AvgIpc) is 3.08. The summed E-state index contributed by atoms with van der Waals surface area (Å²) in [6, 6.07) is 14.6. The molecule has 24 heavy (non-hydrogen) atoms. The van der Waals surface area contributed by atoms with E-state index in [1.165, 1.54) is 11.8 Å². The third-order valence-electron chi connectivity index (χ3n) is 3.50. The first kappa shape index (κ1) is 17.1. The molecule has 0 aliphatic rings. The zero-order chi connectivity index (χ0) is 16.9. The number of halogens is 2. The van der Waals surface area contributed by atoms with Crippen LogP contribution in [0.2, 0.25) is 10.0 Å². The smallest absolute Gasteiger partial charge is 0.220 e. The molecule has 0 spiro atoms. The number of benzene rings is 2. The number of hydrogen-bond donors (Lipinski definition) is 0. The molecule has 1 heterocycles. The average molecular weight is 377 g/mol. The summed E-state index contributed by atoms with van der Waals surface area (Å²) in [5.41, 5.74) is 1.55. The van der Waals surface area contributed by atoms with E-state index in [1.54, 1.807) is 24.7 Å². The van der Waals surface area contributed by atoms with Crippen molar-refractivity contribution in [3.63, 3.8) is 0 Å². The van der Waals surface area contributed by atoms with Gasteiger partial charge in [-0.25, -0.2) is 4.98 Å². The predicted octanol–water partition coefficient (Wildman–Crippen LogP) is 5.50. The SMILES string of the molecule is O=C(SC(Cn1ccnc1)c1ccc(Cl)cc1Cl)c1ccccc1. The summed E-state index contributed by atoms with van der Waals surface area (Å²) < 4.78 is 1.93. The minimum atomic E-state index is -0.142. The molecule has 0 N–H and O–H groups in total. The summed E-state index contributed by atoms with van der Waals surface area (Å²) >= 11 is 13.6. The Hall–Kier alpha value is -1.75. The fraction of sp³-hybridized carbons (Fsp3) is 0.111.